The van der Waals surface area contributed by atoms with E-state index in [1.54, 1.807) is 13.1 Å². The Morgan fingerprint density at radius 1 is 1.29 bits per heavy atom. The second-order valence-corrected chi connectivity index (χ2v) is 7.51. The van der Waals surface area contributed by atoms with Gasteiger partial charge in [0.15, 0.2) is 0 Å². The summed E-state index contributed by atoms with van der Waals surface area (Å²) in [6.07, 6.45) is 1.84. The summed E-state index contributed by atoms with van der Waals surface area (Å²) in [6.45, 7) is 9.46. The lowest BCUT2D eigenvalue weighted by Gasteiger charge is -2.25. The lowest BCUT2D eigenvalue weighted by Crippen LogP contribution is -2.35. The number of sulfonamides is 1. The first-order valence-electron chi connectivity index (χ1n) is 7.62. The highest BCUT2D eigenvalue weighted by Crippen LogP contribution is 2.23. The molecule has 120 valence electrons. The molecule has 0 aliphatic heterocycles. The van der Waals surface area contributed by atoms with Crippen molar-refractivity contribution in [2.45, 2.75) is 58.0 Å². The highest BCUT2D eigenvalue weighted by atomic mass is 32.2. The van der Waals surface area contributed by atoms with E-state index in [0.717, 1.165) is 30.5 Å². The van der Waals surface area contributed by atoms with Crippen LogP contribution >= 0.6 is 0 Å². The first kappa shape index (κ1) is 18.1. The zero-order valence-corrected chi connectivity index (χ0v) is 14.6. The van der Waals surface area contributed by atoms with E-state index < -0.39 is 10.0 Å². The summed E-state index contributed by atoms with van der Waals surface area (Å²) in [5.74, 6) is 0. The van der Waals surface area contributed by atoms with Gasteiger partial charge >= 0.3 is 0 Å². The summed E-state index contributed by atoms with van der Waals surface area (Å²) in [4.78, 5) is 0.420. The molecule has 0 fully saturated rings. The first-order chi connectivity index (χ1) is 9.84. The molecule has 21 heavy (non-hydrogen) atoms. The molecule has 0 aliphatic rings. The van der Waals surface area contributed by atoms with E-state index in [2.05, 4.69) is 12.2 Å². The molecule has 1 rings (SSSR count). The van der Waals surface area contributed by atoms with Crippen molar-refractivity contribution in [2.24, 2.45) is 0 Å². The van der Waals surface area contributed by atoms with Gasteiger partial charge in [-0.1, -0.05) is 32.4 Å². The highest BCUT2D eigenvalue weighted by Gasteiger charge is 2.26. The van der Waals surface area contributed by atoms with Gasteiger partial charge in [0.25, 0.3) is 0 Å². The Bertz CT molecular complexity index is 555. The van der Waals surface area contributed by atoms with Crippen molar-refractivity contribution < 1.29 is 8.42 Å². The number of benzene rings is 1. The quantitative estimate of drug-likeness (QED) is 0.803. The number of nitrogens with one attached hydrogen (secondary N) is 1. The van der Waals surface area contributed by atoms with E-state index in [9.17, 15) is 8.42 Å². The summed E-state index contributed by atoms with van der Waals surface area (Å²) < 4.78 is 27.1. The van der Waals surface area contributed by atoms with E-state index in [1.165, 1.54) is 4.31 Å². The van der Waals surface area contributed by atoms with Crippen LogP contribution in [0.5, 0.6) is 0 Å². The van der Waals surface area contributed by atoms with Crippen LogP contribution in [0.3, 0.4) is 0 Å². The van der Waals surface area contributed by atoms with E-state index in [0.29, 0.717) is 11.4 Å². The molecule has 0 spiro atoms. The van der Waals surface area contributed by atoms with Gasteiger partial charge in [0.2, 0.25) is 10.0 Å². The van der Waals surface area contributed by atoms with Crippen molar-refractivity contribution in [2.75, 3.05) is 13.6 Å². The van der Waals surface area contributed by atoms with E-state index in [4.69, 9.17) is 0 Å². The van der Waals surface area contributed by atoms with Crippen molar-refractivity contribution in [1.29, 1.82) is 0 Å². The summed E-state index contributed by atoms with van der Waals surface area (Å²) >= 11 is 0. The minimum absolute atomic E-state index is 0.0109. The summed E-state index contributed by atoms with van der Waals surface area (Å²) in [7, 11) is -1.76. The molecule has 1 atom stereocenters. The second-order valence-electron chi connectivity index (χ2n) is 5.54. The van der Waals surface area contributed by atoms with Gasteiger partial charge in [-0.05, 0) is 44.0 Å². The molecule has 1 aromatic carbocycles. The Balaban J connectivity index is 3.12. The number of rotatable bonds is 8. The van der Waals surface area contributed by atoms with Crippen molar-refractivity contribution >= 4 is 10.0 Å². The third-order valence-electron chi connectivity index (χ3n) is 3.82. The third-order valence-corrected chi connectivity index (χ3v) is 5.93. The maximum Gasteiger partial charge on any atom is 0.243 e. The summed E-state index contributed by atoms with van der Waals surface area (Å²) in [5, 5.41) is 3.23. The molecule has 0 saturated carbocycles. The predicted octanol–water partition coefficient (Wildman–Crippen LogP) is 2.91. The van der Waals surface area contributed by atoms with Gasteiger partial charge in [0.1, 0.15) is 0 Å². The van der Waals surface area contributed by atoms with Crippen LogP contribution in [0.1, 0.15) is 44.7 Å². The van der Waals surface area contributed by atoms with Crippen LogP contribution in [0.15, 0.2) is 23.1 Å². The fraction of sp³-hybridized carbons (Fsp3) is 0.625. The molecule has 0 heterocycles. The number of nitrogens with zero attached hydrogens (tertiary/aromatic N) is 1. The normalized spacial score (nSPS) is 13.6. The zero-order valence-electron chi connectivity index (χ0n) is 13.8. The monoisotopic (exact) mass is 312 g/mol. The fourth-order valence-electron chi connectivity index (χ4n) is 2.29. The fourth-order valence-corrected chi connectivity index (χ4v) is 3.96. The Kier molecular flexibility index (Phi) is 6.84. The number of aryl methyl sites for hydroxylation is 1. The minimum atomic E-state index is -3.43. The largest absolute Gasteiger partial charge is 0.313 e. The maximum atomic E-state index is 12.8. The van der Waals surface area contributed by atoms with Crippen LogP contribution in [-0.2, 0) is 16.6 Å². The van der Waals surface area contributed by atoms with Crippen LogP contribution < -0.4 is 5.32 Å². The van der Waals surface area contributed by atoms with Crippen molar-refractivity contribution in [3.05, 3.63) is 29.3 Å². The molecule has 0 amide bonds. The zero-order chi connectivity index (χ0) is 16.0. The topological polar surface area (TPSA) is 49.4 Å². The van der Waals surface area contributed by atoms with Gasteiger partial charge in [-0.15, -0.1) is 0 Å². The average molecular weight is 312 g/mol. The van der Waals surface area contributed by atoms with E-state index in [1.807, 2.05) is 32.9 Å². The predicted molar refractivity (Wildman–Crippen MR) is 87.9 cm³/mol. The Morgan fingerprint density at radius 3 is 2.52 bits per heavy atom. The van der Waals surface area contributed by atoms with Crippen LogP contribution in [0, 0.1) is 6.92 Å². The number of hydrogen-bond donors (Lipinski definition) is 1. The first-order valence-corrected chi connectivity index (χ1v) is 9.06. The molecule has 1 N–H and O–H groups in total. The SMILES string of the molecule is CCCC(C)N(C)S(=O)(=O)c1cc(CNCC)ccc1C. The van der Waals surface area contributed by atoms with Gasteiger partial charge in [-0.2, -0.15) is 4.31 Å². The van der Waals surface area contributed by atoms with E-state index >= 15 is 0 Å². The Hall–Kier alpha value is -0.910. The lowest BCUT2D eigenvalue weighted by atomic mass is 10.1. The molecule has 1 aromatic rings. The molecule has 0 radical (unpaired) electrons. The second kappa shape index (κ2) is 7.92. The third kappa shape index (κ3) is 4.53. The molecule has 0 aliphatic carbocycles. The van der Waals surface area contributed by atoms with Crippen LogP contribution in [0.4, 0.5) is 0 Å². The molecule has 4 nitrogen and oxygen atoms in total. The molecule has 0 aromatic heterocycles. The van der Waals surface area contributed by atoms with Gasteiger partial charge in [-0.25, -0.2) is 8.42 Å². The van der Waals surface area contributed by atoms with Crippen molar-refractivity contribution in [3.8, 4) is 0 Å². The Morgan fingerprint density at radius 2 is 1.95 bits per heavy atom. The summed E-state index contributed by atoms with van der Waals surface area (Å²) in [5.41, 5.74) is 1.79. The van der Waals surface area contributed by atoms with Crippen LogP contribution in [0.2, 0.25) is 0 Å². The van der Waals surface area contributed by atoms with Gasteiger partial charge < -0.3 is 5.32 Å². The highest BCUT2D eigenvalue weighted by molar-refractivity contribution is 7.89. The van der Waals surface area contributed by atoms with Crippen LogP contribution in [-0.4, -0.2) is 32.4 Å². The number of hydrogen-bond acceptors (Lipinski definition) is 3. The van der Waals surface area contributed by atoms with Crippen molar-refractivity contribution in [1.82, 2.24) is 9.62 Å². The van der Waals surface area contributed by atoms with Gasteiger partial charge in [0, 0.05) is 19.6 Å². The Labute approximate surface area is 129 Å². The molecule has 0 bridgehead atoms. The standard InChI is InChI=1S/C16H28N2O2S/c1-6-8-14(4)18(5)21(19,20)16-11-15(12-17-7-2)10-9-13(16)3/h9-11,14,17H,6-8,12H2,1-5H3. The molecular formula is C16H28N2O2S. The van der Waals surface area contributed by atoms with E-state index in [-0.39, 0.29) is 6.04 Å². The summed E-state index contributed by atoms with van der Waals surface area (Å²) in [6, 6.07) is 5.67. The lowest BCUT2D eigenvalue weighted by molar-refractivity contribution is 0.368. The van der Waals surface area contributed by atoms with Crippen LogP contribution in [0.25, 0.3) is 0 Å². The molecule has 0 saturated heterocycles. The molecule has 5 heteroatoms. The smallest absolute Gasteiger partial charge is 0.243 e. The minimum Gasteiger partial charge on any atom is -0.313 e. The maximum absolute atomic E-state index is 12.8. The molecular weight excluding hydrogens is 284 g/mol. The van der Waals surface area contributed by atoms with Crippen molar-refractivity contribution in [3.63, 3.8) is 0 Å². The average Bonchev–Trinajstić information content (AvgIpc) is 2.45. The van der Waals surface area contributed by atoms with Gasteiger partial charge in [-0.3, -0.25) is 0 Å². The van der Waals surface area contributed by atoms with Gasteiger partial charge in [0.05, 0.1) is 4.90 Å². The molecule has 1 unspecified atom stereocenters.